The third-order valence-electron chi connectivity index (χ3n) is 3.97. The summed E-state index contributed by atoms with van der Waals surface area (Å²) in [4.78, 5) is 6.73. The number of oxazole rings is 1. The summed E-state index contributed by atoms with van der Waals surface area (Å²) >= 11 is 1.60. The first-order chi connectivity index (χ1) is 11.8. The number of aromatic nitrogens is 4. The third kappa shape index (κ3) is 2.99. The molecule has 2 aromatic heterocycles. The van der Waals surface area contributed by atoms with Gasteiger partial charge < -0.3 is 14.1 Å². The predicted octanol–water partition coefficient (Wildman–Crippen LogP) is 2.57. The van der Waals surface area contributed by atoms with Crippen LogP contribution in [0.3, 0.4) is 0 Å². The van der Waals surface area contributed by atoms with Crippen molar-refractivity contribution in [3.63, 3.8) is 0 Å². The Hall–Kier alpha value is -2.06. The van der Waals surface area contributed by atoms with E-state index in [9.17, 15) is 0 Å². The molecule has 3 aromatic rings. The molecule has 0 unspecified atom stereocenters. The highest BCUT2D eigenvalue weighted by Crippen LogP contribution is 2.26. The summed E-state index contributed by atoms with van der Waals surface area (Å²) in [5, 5.41) is 9.62. The molecule has 0 radical (unpaired) electrons. The fourth-order valence-corrected chi connectivity index (χ4v) is 3.61. The molecule has 8 heteroatoms. The van der Waals surface area contributed by atoms with Gasteiger partial charge in [-0.3, -0.25) is 4.57 Å². The lowest BCUT2D eigenvalue weighted by molar-refractivity contribution is 0.121. The zero-order chi connectivity index (χ0) is 16.4. The van der Waals surface area contributed by atoms with Crippen LogP contribution in [0, 0.1) is 0 Å². The maximum absolute atomic E-state index is 5.77. The van der Waals surface area contributed by atoms with E-state index in [-0.39, 0.29) is 0 Å². The minimum atomic E-state index is 0.635. The van der Waals surface area contributed by atoms with Gasteiger partial charge in [0.15, 0.2) is 10.7 Å². The number of thioether (sulfide) groups is 1. The Labute approximate surface area is 144 Å². The van der Waals surface area contributed by atoms with E-state index in [1.54, 1.807) is 11.8 Å². The second-order valence-electron chi connectivity index (χ2n) is 5.49. The molecule has 1 aromatic carbocycles. The number of hydrogen-bond acceptors (Lipinski definition) is 7. The van der Waals surface area contributed by atoms with Crippen LogP contribution < -0.4 is 4.90 Å². The lowest BCUT2D eigenvalue weighted by atomic mass is 10.3. The van der Waals surface area contributed by atoms with E-state index in [0.717, 1.165) is 55.1 Å². The van der Waals surface area contributed by atoms with Gasteiger partial charge in [-0.1, -0.05) is 23.9 Å². The lowest BCUT2D eigenvalue weighted by Gasteiger charge is -2.27. The number of benzene rings is 1. The van der Waals surface area contributed by atoms with Crippen molar-refractivity contribution in [1.29, 1.82) is 0 Å². The molecule has 0 bridgehead atoms. The fourth-order valence-electron chi connectivity index (χ4n) is 2.77. The average molecular weight is 345 g/mol. The maximum atomic E-state index is 5.77. The fraction of sp³-hybridized carbons (Fsp3) is 0.438. The molecule has 0 N–H and O–H groups in total. The van der Waals surface area contributed by atoms with Crippen molar-refractivity contribution in [1.82, 2.24) is 19.7 Å². The molecule has 1 aliphatic rings. The van der Waals surface area contributed by atoms with E-state index in [0.29, 0.717) is 11.6 Å². The topological polar surface area (TPSA) is 69.2 Å². The van der Waals surface area contributed by atoms with Crippen molar-refractivity contribution in [2.24, 2.45) is 0 Å². The molecular formula is C16H19N5O2S. The molecule has 1 saturated heterocycles. The van der Waals surface area contributed by atoms with Crippen LogP contribution in [0.25, 0.3) is 11.1 Å². The van der Waals surface area contributed by atoms with Crippen LogP contribution >= 0.6 is 11.8 Å². The smallest absolute Gasteiger partial charge is 0.228 e. The minimum absolute atomic E-state index is 0.635. The van der Waals surface area contributed by atoms with Gasteiger partial charge in [0.2, 0.25) is 11.8 Å². The first kappa shape index (κ1) is 15.5. The molecule has 1 fully saturated rings. The number of ether oxygens (including phenoxy) is 1. The van der Waals surface area contributed by atoms with Gasteiger partial charge in [0.1, 0.15) is 5.52 Å². The number of para-hydroxylation sites is 2. The Morgan fingerprint density at radius 3 is 2.79 bits per heavy atom. The standard InChI is InChI=1S/C16H19N5O2S/c1-2-21-15(20-7-9-22-10-8-20)18-19-16(21)24-11-14-17-12-5-3-4-6-13(12)23-14/h3-6H,2,7-11H2,1H3. The van der Waals surface area contributed by atoms with Gasteiger partial charge in [0.05, 0.1) is 19.0 Å². The van der Waals surface area contributed by atoms with Crippen molar-refractivity contribution in [3.05, 3.63) is 30.2 Å². The molecule has 4 rings (SSSR count). The van der Waals surface area contributed by atoms with Crippen LogP contribution in [-0.4, -0.2) is 46.1 Å². The number of morpholine rings is 1. The highest BCUT2D eigenvalue weighted by molar-refractivity contribution is 7.98. The van der Waals surface area contributed by atoms with E-state index < -0.39 is 0 Å². The van der Waals surface area contributed by atoms with Gasteiger partial charge in [0, 0.05) is 19.6 Å². The quantitative estimate of drug-likeness (QED) is 0.658. The zero-order valence-corrected chi connectivity index (χ0v) is 14.3. The van der Waals surface area contributed by atoms with Crippen molar-refractivity contribution < 1.29 is 9.15 Å². The highest BCUT2D eigenvalue weighted by atomic mass is 32.2. The second kappa shape index (κ2) is 6.82. The molecule has 0 atom stereocenters. The van der Waals surface area contributed by atoms with Gasteiger partial charge in [-0.2, -0.15) is 0 Å². The van der Waals surface area contributed by atoms with E-state index in [1.165, 1.54) is 0 Å². The Bertz CT molecular complexity index is 792. The number of rotatable bonds is 5. The van der Waals surface area contributed by atoms with Gasteiger partial charge in [-0.15, -0.1) is 10.2 Å². The van der Waals surface area contributed by atoms with Gasteiger partial charge in [-0.05, 0) is 19.1 Å². The Balaban J connectivity index is 1.50. The van der Waals surface area contributed by atoms with E-state index in [1.807, 2.05) is 24.3 Å². The molecule has 1 aliphatic heterocycles. The Kier molecular flexibility index (Phi) is 4.40. The molecular weight excluding hydrogens is 326 g/mol. The van der Waals surface area contributed by atoms with Crippen molar-refractivity contribution in [2.75, 3.05) is 31.2 Å². The second-order valence-corrected chi connectivity index (χ2v) is 6.43. The third-order valence-corrected chi connectivity index (χ3v) is 4.92. The number of fused-ring (bicyclic) bond motifs is 1. The van der Waals surface area contributed by atoms with E-state index in [2.05, 4.69) is 31.6 Å². The molecule has 24 heavy (non-hydrogen) atoms. The summed E-state index contributed by atoms with van der Waals surface area (Å²) in [5.74, 6) is 2.26. The number of anilines is 1. The van der Waals surface area contributed by atoms with Crippen LogP contribution in [0.4, 0.5) is 5.95 Å². The largest absolute Gasteiger partial charge is 0.440 e. The molecule has 0 spiro atoms. The predicted molar refractivity (Wildman–Crippen MR) is 92.3 cm³/mol. The van der Waals surface area contributed by atoms with E-state index in [4.69, 9.17) is 9.15 Å². The molecule has 0 saturated carbocycles. The van der Waals surface area contributed by atoms with Gasteiger partial charge >= 0.3 is 0 Å². The molecule has 0 amide bonds. The summed E-state index contributed by atoms with van der Waals surface area (Å²) in [5.41, 5.74) is 1.71. The van der Waals surface area contributed by atoms with Crippen LogP contribution in [0.2, 0.25) is 0 Å². The molecule has 7 nitrogen and oxygen atoms in total. The van der Waals surface area contributed by atoms with Crippen LogP contribution in [0.5, 0.6) is 0 Å². The molecule has 126 valence electrons. The minimum Gasteiger partial charge on any atom is -0.440 e. The molecule has 3 heterocycles. The Morgan fingerprint density at radius 1 is 1.17 bits per heavy atom. The van der Waals surface area contributed by atoms with Crippen LogP contribution in [0.1, 0.15) is 12.8 Å². The summed E-state index contributed by atoms with van der Waals surface area (Å²) in [7, 11) is 0. The summed E-state index contributed by atoms with van der Waals surface area (Å²) < 4.78 is 13.3. The highest BCUT2D eigenvalue weighted by Gasteiger charge is 2.20. The normalized spacial score (nSPS) is 15.3. The van der Waals surface area contributed by atoms with Crippen molar-refractivity contribution in [3.8, 4) is 0 Å². The summed E-state index contributed by atoms with van der Waals surface area (Å²) in [6, 6.07) is 7.80. The monoisotopic (exact) mass is 345 g/mol. The molecule has 0 aliphatic carbocycles. The number of nitrogens with zero attached hydrogens (tertiary/aromatic N) is 5. The van der Waals surface area contributed by atoms with Crippen molar-refractivity contribution >= 4 is 28.8 Å². The summed E-state index contributed by atoms with van der Waals surface area (Å²) in [6.07, 6.45) is 0. The first-order valence-electron chi connectivity index (χ1n) is 8.08. The van der Waals surface area contributed by atoms with Crippen LogP contribution in [-0.2, 0) is 17.0 Å². The van der Waals surface area contributed by atoms with Crippen LogP contribution in [0.15, 0.2) is 33.8 Å². The summed E-state index contributed by atoms with van der Waals surface area (Å²) in [6.45, 7) is 6.12. The zero-order valence-electron chi connectivity index (χ0n) is 13.5. The maximum Gasteiger partial charge on any atom is 0.228 e. The van der Waals surface area contributed by atoms with Gasteiger partial charge in [0.25, 0.3) is 0 Å². The lowest BCUT2D eigenvalue weighted by Crippen LogP contribution is -2.38. The number of hydrogen-bond donors (Lipinski definition) is 0. The SMILES string of the molecule is CCn1c(SCc2nc3ccccc3o2)nnc1N1CCOCC1. The first-order valence-corrected chi connectivity index (χ1v) is 9.07. The average Bonchev–Trinajstić information content (AvgIpc) is 3.23. The van der Waals surface area contributed by atoms with E-state index >= 15 is 0 Å². The van der Waals surface area contributed by atoms with Gasteiger partial charge in [-0.25, -0.2) is 4.98 Å². The van der Waals surface area contributed by atoms with Crippen molar-refractivity contribution in [2.45, 2.75) is 24.4 Å². The Morgan fingerprint density at radius 2 is 2.00 bits per heavy atom.